The van der Waals surface area contributed by atoms with E-state index in [9.17, 15) is 5.11 Å². The van der Waals surface area contributed by atoms with E-state index in [1.807, 2.05) is 13.0 Å². The smallest absolute Gasteiger partial charge is 0.0518 e. The molecule has 0 unspecified atom stereocenters. The van der Waals surface area contributed by atoms with E-state index in [-0.39, 0.29) is 11.5 Å². The van der Waals surface area contributed by atoms with Crippen LogP contribution in [0.5, 0.6) is 0 Å². The molecule has 2 nitrogen and oxygen atoms in total. The first-order chi connectivity index (χ1) is 8.80. The van der Waals surface area contributed by atoms with E-state index in [1.165, 1.54) is 5.56 Å². The molecule has 0 saturated carbocycles. The van der Waals surface area contributed by atoms with Gasteiger partial charge in [-0.25, -0.2) is 0 Å². The van der Waals surface area contributed by atoms with Crippen molar-refractivity contribution < 1.29 is 5.11 Å². The van der Waals surface area contributed by atoms with Gasteiger partial charge in [0, 0.05) is 12.6 Å². The predicted molar refractivity (Wildman–Crippen MR) is 82.4 cm³/mol. The van der Waals surface area contributed by atoms with E-state index < -0.39 is 0 Å². The summed E-state index contributed by atoms with van der Waals surface area (Å²) in [6.07, 6.45) is 0.533. The quantitative estimate of drug-likeness (QED) is 0.822. The van der Waals surface area contributed by atoms with Gasteiger partial charge in [-0.3, -0.25) is 0 Å². The van der Waals surface area contributed by atoms with Crippen molar-refractivity contribution in [2.24, 2.45) is 5.41 Å². The molecule has 0 spiro atoms. The Labute approximate surface area is 118 Å². The highest BCUT2D eigenvalue weighted by Crippen LogP contribution is 2.23. The molecule has 1 aromatic rings. The second kappa shape index (κ2) is 7.06. The van der Waals surface area contributed by atoms with Gasteiger partial charge in [-0.1, -0.05) is 51.1 Å². The Bertz CT molecular complexity index is 353. The predicted octanol–water partition coefficient (Wildman–Crippen LogP) is 3.57. The van der Waals surface area contributed by atoms with Gasteiger partial charge >= 0.3 is 0 Å². The minimum absolute atomic E-state index is 0.256. The number of aliphatic hydroxyl groups excluding tert-OH is 1. The fourth-order valence-electron chi connectivity index (χ4n) is 2.10. The standard InChI is InChI=1S/C17H29NO/c1-13(19)11-16(15-9-7-6-8-10-15)12-18-14(2)17(3,4)5/h6-10,13-14,16,18-19H,11-12H2,1-5H3/t13-,14-,16-/m0/s1. The molecule has 2 N–H and O–H groups in total. The Morgan fingerprint density at radius 2 is 1.68 bits per heavy atom. The van der Waals surface area contributed by atoms with Gasteiger partial charge in [0.05, 0.1) is 6.10 Å². The second-order valence-corrected chi connectivity index (χ2v) is 6.69. The number of nitrogens with one attached hydrogen (secondary N) is 1. The molecule has 2 heteroatoms. The minimum atomic E-state index is -0.267. The third kappa shape index (κ3) is 5.75. The number of rotatable bonds is 6. The summed E-state index contributed by atoms with van der Waals surface area (Å²) in [7, 11) is 0. The molecule has 0 bridgehead atoms. The van der Waals surface area contributed by atoms with Gasteiger partial charge in [-0.15, -0.1) is 0 Å². The summed E-state index contributed by atoms with van der Waals surface area (Å²) in [5.41, 5.74) is 1.56. The maximum Gasteiger partial charge on any atom is 0.0518 e. The van der Waals surface area contributed by atoms with Crippen molar-refractivity contribution in [1.29, 1.82) is 0 Å². The van der Waals surface area contributed by atoms with Crippen LogP contribution in [0.3, 0.4) is 0 Å². The first-order valence-electron chi connectivity index (χ1n) is 7.27. The molecule has 0 fully saturated rings. The normalized spacial score (nSPS) is 16.9. The Hall–Kier alpha value is -0.860. The lowest BCUT2D eigenvalue weighted by Crippen LogP contribution is -2.40. The molecule has 108 valence electrons. The SMILES string of the molecule is C[C@H](O)C[C@@H](CN[C@@H](C)C(C)(C)C)c1ccccc1. The summed E-state index contributed by atoms with van der Waals surface area (Å²) in [5, 5.41) is 13.3. The van der Waals surface area contributed by atoms with Gasteiger partial charge in [0.2, 0.25) is 0 Å². The first kappa shape index (κ1) is 16.2. The van der Waals surface area contributed by atoms with Crippen LogP contribution < -0.4 is 5.32 Å². The molecule has 0 amide bonds. The maximum absolute atomic E-state index is 9.68. The molecule has 0 saturated heterocycles. The van der Waals surface area contributed by atoms with Crippen LogP contribution in [0, 0.1) is 5.41 Å². The zero-order valence-electron chi connectivity index (χ0n) is 13.0. The highest BCUT2D eigenvalue weighted by atomic mass is 16.3. The van der Waals surface area contributed by atoms with Gasteiger partial charge in [0.1, 0.15) is 0 Å². The summed E-state index contributed by atoms with van der Waals surface area (Å²) in [4.78, 5) is 0. The van der Waals surface area contributed by atoms with Crippen molar-refractivity contribution >= 4 is 0 Å². The van der Waals surface area contributed by atoms with Crippen LogP contribution in [-0.4, -0.2) is 23.8 Å². The summed E-state index contributed by atoms with van der Waals surface area (Å²) in [5.74, 6) is 0.367. The molecule has 0 radical (unpaired) electrons. The first-order valence-corrected chi connectivity index (χ1v) is 7.27. The molecule has 0 aliphatic heterocycles. The Kier molecular flexibility index (Phi) is 6.02. The van der Waals surface area contributed by atoms with Crippen molar-refractivity contribution in [3.8, 4) is 0 Å². The average Bonchev–Trinajstić information content (AvgIpc) is 2.33. The Morgan fingerprint density at radius 3 is 2.16 bits per heavy atom. The molecular weight excluding hydrogens is 234 g/mol. The molecule has 19 heavy (non-hydrogen) atoms. The van der Waals surface area contributed by atoms with E-state index >= 15 is 0 Å². The summed E-state index contributed by atoms with van der Waals surface area (Å²) < 4.78 is 0. The number of hydrogen-bond donors (Lipinski definition) is 2. The molecular formula is C17H29NO. The average molecular weight is 263 g/mol. The zero-order chi connectivity index (χ0) is 14.5. The van der Waals surface area contributed by atoms with Crippen molar-refractivity contribution in [3.63, 3.8) is 0 Å². The lowest BCUT2D eigenvalue weighted by atomic mass is 9.87. The van der Waals surface area contributed by atoms with Gasteiger partial charge in [-0.05, 0) is 37.2 Å². The monoisotopic (exact) mass is 263 g/mol. The Morgan fingerprint density at radius 1 is 1.11 bits per heavy atom. The van der Waals surface area contributed by atoms with E-state index in [0.29, 0.717) is 12.0 Å². The maximum atomic E-state index is 9.68. The fraction of sp³-hybridized carbons (Fsp3) is 0.647. The zero-order valence-corrected chi connectivity index (χ0v) is 13.0. The third-order valence-corrected chi connectivity index (χ3v) is 3.87. The highest BCUT2D eigenvalue weighted by molar-refractivity contribution is 5.20. The largest absolute Gasteiger partial charge is 0.393 e. The molecule has 0 aliphatic carbocycles. The lowest BCUT2D eigenvalue weighted by Gasteiger charge is -2.30. The van der Waals surface area contributed by atoms with Crippen LogP contribution in [0.4, 0.5) is 0 Å². The van der Waals surface area contributed by atoms with Crippen LogP contribution in [0.25, 0.3) is 0 Å². The highest BCUT2D eigenvalue weighted by Gasteiger charge is 2.21. The molecule has 3 atom stereocenters. The van der Waals surface area contributed by atoms with Crippen molar-refractivity contribution in [2.45, 2.75) is 59.1 Å². The fourth-order valence-corrected chi connectivity index (χ4v) is 2.10. The Balaban J connectivity index is 2.66. The minimum Gasteiger partial charge on any atom is -0.393 e. The topological polar surface area (TPSA) is 32.3 Å². The van der Waals surface area contributed by atoms with Crippen LogP contribution in [0.1, 0.15) is 52.5 Å². The van der Waals surface area contributed by atoms with Crippen molar-refractivity contribution in [3.05, 3.63) is 35.9 Å². The number of benzene rings is 1. The molecule has 0 aliphatic rings. The van der Waals surface area contributed by atoms with Gasteiger partial charge in [0.15, 0.2) is 0 Å². The van der Waals surface area contributed by atoms with Crippen LogP contribution >= 0.6 is 0 Å². The van der Waals surface area contributed by atoms with Crippen LogP contribution in [-0.2, 0) is 0 Å². The number of aliphatic hydroxyl groups is 1. The summed E-state index contributed by atoms with van der Waals surface area (Å²) in [6.45, 7) is 11.7. The van der Waals surface area contributed by atoms with Crippen molar-refractivity contribution in [1.82, 2.24) is 5.32 Å². The molecule has 0 heterocycles. The lowest BCUT2D eigenvalue weighted by molar-refractivity contribution is 0.170. The van der Waals surface area contributed by atoms with Gasteiger partial charge < -0.3 is 10.4 Å². The van der Waals surface area contributed by atoms with E-state index in [4.69, 9.17) is 0 Å². The molecule has 1 rings (SSSR count). The van der Waals surface area contributed by atoms with Gasteiger partial charge in [-0.2, -0.15) is 0 Å². The third-order valence-electron chi connectivity index (χ3n) is 3.87. The second-order valence-electron chi connectivity index (χ2n) is 6.69. The van der Waals surface area contributed by atoms with Crippen molar-refractivity contribution in [2.75, 3.05) is 6.54 Å². The van der Waals surface area contributed by atoms with Crippen LogP contribution in [0.2, 0.25) is 0 Å². The van der Waals surface area contributed by atoms with Gasteiger partial charge in [0.25, 0.3) is 0 Å². The molecule has 0 aromatic heterocycles. The molecule has 1 aromatic carbocycles. The van der Waals surface area contributed by atoms with E-state index in [0.717, 1.165) is 13.0 Å². The van der Waals surface area contributed by atoms with E-state index in [2.05, 4.69) is 57.3 Å². The summed E-state index contributed by atoms with van der Waals surface area (Å²) >= 11 is 0. The summed E-state index contributed by atoms with van der Waals surface area (Å²) in [6, 6.07) is 10.9. The van der Waals surface area contributed by atoms with Crippen LogP contribution in [0.15, 0.2) is 30.3 Å². The van der Waals surface area contributed by atoms with E-state index in [1.54, 1.807) is 0 Å². The number of hydrogen-bond acceptors (Lipinski definition) is 2.